The normalized spacial score (nSPS) is 12.1. The Morgan fingerprint density at radius 3 is 1.83 bits per heavy atom. The molecular weight excluding hydrogens is 712 g/mol. The zero-order valence-corrected chi connectivity index (χ0v) is 29.5. The van der Waals surface area contributed by atoms with Crippen LogP contribution in [0.1, 0.15) is 11.1 Å². The zero-order chi connectivity index (χ0) is 37.5. The van der Waals surface area contributed by atoms with Gasteiger partial charge in [-0.05, 0) is 72.3 Å². The van der Waals surface area contributed by atoms with E-state index in [0.717, 1.165) is 8.61 Å². The van der Waals surface area contributed by atoms with Gasteiger partial charge in [0.05, 0.1) is 48.5 Å². The van der Waals surface area contributed by atoms with Crippen LogP contribution >= 0.6 is 0 Å². The van der Waals surface area contributed by atoms with E-state index in [9.17, 15) is 26.0 Å². The first-order valence-corrected chi connectivity index (χ1v) is 18.3. The number of ether oxygens (including phenoxy) is 2. The molecule has 268 valence electrons. The molecule has 16 heteroatoms. The molecule has 0 atom stereocenters. The van der Waals surface area contributed by atoms with Gasteiger partial charge in [-0.15, -0.1) is 5.11 Å². The van der Waals surface area contributed by atoms with Crippen molar-refractivity contribution in [2.24, 2.45) is 16.1 Å². The molecule has 52 heavy (non-hydrogen) atoms. The number of hydrogen-bond acceptors (Lipinski definition) is 10. The number of nitrogens with one attached hydrogen (secondary N) is 1. The van der Waals surface area contributed by atoms with Gasteiger partial charge in [0.2, 0.25) is 0 Å². The van der Waals surface area contributed by atoms with Crippen molar-refractivity contribution in [3.8, 4) is 11.5 Å². The van der Waals surface area contributed by atoms with Gasteiger partial charge in [-0.25, -0.2) is 26.8 Å². The summed E-state index contributed by atoms with van der Waals surface area (Å²) in [7, 11) is -6.03. The summed E-state index contributed by atoms with van der Waals surface area (Å²) in [6.07, 6.45) is 3.56. The molecule has 5 rings (SSSR count). The molecule has 13 nitrogen and oxygen atoms in total. The summed E-state index contributed by atoms with van der Waals surface area (Å²) in [5.41, 5.74) is 8.40. The monoisotopic (exact) mass is 744 g/mol. The average molecular weight is 745 g/mol. The van der Waals surface area contributed by atoms with Gasteiger partial charge in [0.25, 0.3) is 20.0 Å². The zero-order valence-electron chi connectivity index (χ0n) is 27.9. The number of carbonyl (C=O) groups is 1. The number of aldehydes is 1. The van der Waals surface area contributed by atoms with E-state index >= 15 is 0 Å². The Bertz CT molecular complexity index is 2370. The molecule has 0 saturated carbocycles. The number of nitrogens with two attached hydrogens (primary N) is 1. The largest absolute Gasteiger partial charge is 0.497 e. The van der Waals surface area contributed by atoms with Crippen LogP contribution in [0.4, 0.5) is 15.8 Å². The number of rotatable bonds is 14. The molecule has 5 aromatic rings. The van der Waals surface area contributed by atoms with E-state index in [1.165, 1.54) is 99.2 Å². The van der Waals surface area contributed by atoms with E-state index in [1.807, 2.05) is 0 Å². The maximum Gasteiger partial charge on any atom is 0.264 e. The molecule has 0 aromatic heterocycles. The van der Waals surface area contributed by atoms with Crippen molar-refractivity contribution >= 4 is 66.5 Å². The molecule has 0 bridgehead atoms. The van der Waals surface area contributed by atoms with Gasteiger partial charge < -0.3 is 20.1 Å². The fourth-order valence-corrected chi connectivity index (χ4v) is 8.26. The van der Waals surface area contributed by atoms with Crippen LogP contribution in [0.25, 0.3) is 22.9 Å². The Morgan fingerprint density at radius 2 is 1.33 bits per heavy atom. The molecule has 0 aliphatic rings. The van der Waals surface area contributed by atoms with Crippen LogP contribution in [-0.4, -0.2) is 56.3 Å². The minimum Gasteiger partial charge on any atom is -0.497 e. The number of methoxy groups -OCH3 is 2. The molecule has 0 heterocycles. The number of fused-ring (bicyclic) bond motifs is 1. The molecule has 0 spiro atoms. The maximum absolute atomic E-state index is 14.5. The first kappa shape index (κ1) is 37.1. The molecule has 3 N–H and O–H groups in total. The van der Waals surface area contributed by atoms with Gasteiger partial charge in [0.15, 0.2) is 5.84 Å². The minimum absolute atomic E-state index is 0.0478. The molecular formula is C36H33FN6O7S2. The summed E-state index contributed by atoms with van der Waals surface area (Å²) >= 11 is 0. The van der Waals surface area contributed by atoms with Crippen LogP contribution in [0.5, 0.6) is 11.5 Å². The SMILES string of the molecule is COc1ccc(S(=O)(=O)N(C/C(N=N)=N/N)c2cc(/C=C/c3ccc(F)cc3)c(N(CC=O)S(=O)(=O)c3ccc(OC)cc3)c3ccccc23)cc1. The highest BCUT2D eigenvalue weighted by molar-refractivity contribution is 7.93. The molecule has 5 aromatic carbocycles. The lowest BCUT2D eigenvalue weighted by atomic mass is 10.00. The third-order valence-electron chi connectivity index (χ3n) is 7.97. The highest BCUT2D eigenvalue weighted by Gasteiger charge is 2.33. The Balaban J connectivity index is 1.86. The van der Waals surface area contributed by atoms with Crippen LogP contribution in [0.3, 0.4) is 0 Å². The van der Waals surface area contributed by atoms with Crippen LogP contribution in [0.2, 0.25) is 0 Å². The molecule has 0 amide bonds. The van der Waals surface area contributed by atoms with Crippen LogP contribution in [0.15, 0.2) is 123 Å². The van der Waals surface area contributed by atoms with Crippen molar-refractivity contribution in [3.63, 3.8) is 0 Å². The van der Waals surface area contributed by atoms with Gasteiger partial charge in [-0.3, -0.25) is 8.61 Å². The van der Waals surface area contributed by atoms with E-state index < -0.39 is 39.0 Å². The summed E-state index contributed by atoms with van der Waals surface area (Å²) in [5.74, 6) is 5.52. The molecule has 0 fully saturated rings. The number of anilines is 2. The quantitative estimate of drug-likeness (QED) is 0.0261. The van der Waals surface area contributed by atoms with Crippen molar-refractivity contribution in [2.45, 2.75) is 9.79 Å². The van der Waals surface area contributed by atoms with Gasteiger partial charge in [-0.1, -0.05) is 48.6 Å². The summed E-state index contributed by atoms with van der Waals surface area (Å²) < 4.78 is 83.7. The number of benzene rings is 5. The topological polar surface area (TPSA) is 185 Å². The number of amidine groups is 1. The Morgan fingerprint density at radius 1 is 0.788 bits per heavy atom. The van der Waals surface area contributed by atoms with Gasteiger partial charge in [-0.2, -0.15) is 5.10 Å². The highest BCUT2D eigenvalue weighted by Crippen LogP contribution is 2.42. The molecule has 0 unspecified atom stereocenters. The number of hydrazone groups is 1. The van der Waals surface area contributed by atoms with Crippen molar-refractivity contribution < 1.29 is 35.5 Å². The van der Waals surface area contributed by atoms with Gasteiger partial charge in [0, 0.05) is 16.3 Å². The smallest absolute Gasteiger partial charge is 0.264 e. The predicted octanol–water partition coefficient (Wildman–Crippen LogP) is 6.06. The molecule has 0 aliphatic heterocycles. The summed E-state index contributed by atoms with van der Waals surface area (Å²) in [6.45, 7) is -1.19. The first-order chi connectivity index (χ1) is 25.0. The predicted molar refractivity (Wildman–Crippen MR) is 197 cm³/mol. The fraction of sp³-hybridized carbons (Fsp3) is 0.111. The second-order valence-electron chi connectivity index (χ2n) is 11.0. The van der Waals surface area contributed by atoms with Crippen LogP contribution < -0.4 is 23.9 Å². The van der Waals surface area contributed by atoms with Gasteiger partial charge in [0.1, 0.15) is 23.6 Å². The van der Waals surface area contributed by atoms with Crippen molar-refractivity contribution in [2.75, 3.05) is 35.9 Å². The highest BCUT2D eigenvalue weighted by atomic mass is 32.2. The number of hydrogen-bond donors (Lipinski definition) is 2. The lowest BCUT2D eigenvalue weighted by Crippen LogP contribution is -2.36. The van der Waals surface area contributed by atoms with E-state index in [4.69, 9.17) is 20.8 Å². The van der Waals surface area contributed by atoms with Crippen molar-refractivity contribution in [1.82, 2.24) is 0 Å². The Labute approximate surface area is 300 Å². The second kappa shape index (κ2) is 15.8. The number of sulfonamides is 2. The summed E-state index contributed by atoms with van der Waals surface area (Å²) in [6, 6.07) is 24.7. The molecule has 0 aliphatic carbocycles. The molecule has 0 saturated heterocycles. The van der Waals surface area contributed by atoms with E-state index in [0.29, 0.717) is 23.3 Å². The maximum atomic E-state index is 14.5. The lowest BCUT2D eigenvalue weighted by Gasteiger charge is -2.30. The number of nitrogens with zero attached hydrogens (tertiary/aromatic N) is 4. The number of carbonyl (C=O) groups excluding carboxylic acids is 1. The third kappa shape index (κ3) is 7.62. The Kier molecular flexibility index (Phi) is 11.3. The number of halogens is 1. The van der Waals surface area contributed by atoms with Crippen LogP contribution in [-0.2, 0) is 24.8 Å². The third-order valence-corrected chi connectivity index (χ3v) is 11.5. The van der Waals surface area contributed by atoms with Gasteiger partial charge >= 0.3 is 0 Å². The fourth-order valence-electron chi connectivity index (χ4n) is 5.39. The first-order valence-electron chi connectivity index (χ1n) is 15.4. The molecule has 0 radical (unpaired) electrons. The van der Waals surface area contributed by atoms with Crippen molar-refractivity contribution in [1.29, 1.82) is 5.53 Å². The minimum atomic E-state index is -4.46. The van der Waals surface area contributed by atoms with E-state index in [1.54, 1.807) is 30.3 Å². The standard InChI is InChI=1S/C36H33FN6O7S2/c1-49-28-13-17-30(18-14-28)51(45,46)42(21-22-44)36-26(10-7-25-8-11-27(37)12-9-25)23-34(32-5-3-4-6-33(32)36)43(24-35(40-38)41-39)52(47,48)31-19-15-29(50-2)16-20-31/h3-20,22-23,38H,21,24,39H2,1-2H3/b10-7+,40-38?,41-35-. The Hall–Kier alpha value is -6.13. The summed E-state index contributed by atoms with van der Waals surface area (Å²) in [5, 5.41) is 7.32. The second-order valence-corrected chi connectivity index (χ2v) is 14.7. The lowest BCUT2D eigenvalue weighted by molar-refractivity contribution is -0.106. The van der Waals surface area contributed by atoms with Crippen molar-refractivity contribution in [3.05, 3.63) is 120 Å². The van der Waals surface area contributed by atoms with E-state index in [2.05, 4.69) is 10.2 Å². The summed E-state index contributed by atoms with van der Waals surface area (Å²) in [4.78, 5) is 11.9. The van der Waals surface area contributed by atoms with Crippen LogP contribution in [0, 0.1) is 11.3 Å². The van der Waals surface area contributed by atoms with E-state index in [-0.39, 0.29) is 43.3 Å². The average Bonchev–Trinajstić information content (AvgIpc) is 3.17.